The second-order valence-electron chi connectivity index (χ2n) is 6.00. The molecule has 116 valence electrons. The third-order valence-electron chi connectivity index (χ3n) is 4.37. The standard InChI is InChI=1S/C16H21F2NO2/c1-19(10-16(11-20)7-2-3-8-16)14(21)9-12-5-4-6-13(17)15(12)18/h4-6,20H,2-3,7-11H2,1H3. The molecular weight excluding hydrogens is 276 g/mol. The first-order chi connectivity index (χ1) is 9.97. The molecule has 0 aromatic heterocycles. The van der Waals surface area contributed by atoms with Gasteiger partial charge >= 0.3 is 0 Å². The maximum absolute atomic E-state index is 13.6. The highest BCUT2D eigenvalue weighted by molar-refractivity contribution is 5.78. The van der Waals surface area contributed by atoms with Gasteiger partial charge < -0.3 is 10.0 Å². The van der Waals surface area contributed by atoms with Gasteiger partial charge in [-0.2, -0.15) is 0 Å². The van der Waals surface area contributed by atoms with Crippen LogP contribution in [0.4, 0.5) is 8.78 Å². The van der Waals surface area contributed by atoms with Gasteiger partial charge in [0.05, 0.1) is 13.0 Å². The van der Waals surface area contributed by atoms with Crippen molar-refractivity contribution in [2.24, 2.45) is 5.41 Å². The normalized spacial score (nSPS) is 17.0. The number of aliphatic hydroxyl groups excluding tert-OH is 1. The summed E-state index contributed by atoms with van der Waals surface area (Å²) < 4.78 is 26.7. The van der Waals surface area contributed by atoms with Crippen LogP contribution in [0, 0.1) is 17.0 Å². The summed E-state index contributed by atoms with van der Waals surface area (Å²) in [6.07, 6.45) is 3.74. The summed E-state index contributed by atoms with van der Waals surface area (Å²) in [6.45, 7) is 0.512. The van der Waals surface area contributed by atoms with Gasteiger partial charge in [0.2, 0.25) is 5.91 Å². The minimum absolute atomic E-state index is 0.0545. The SMILES string of the molecule is CN(CC1(CO)CCCC1)C(=O)Cc1cccc(F)c1F. The van der Waals surface area contributed by atoms with E-state index in [1.54, 1.807) is 7.05 Å². The van der Waals surface area contributed by atoms with Gasteiger partial charge in [-0.25, -0.2) is 8.78 Å². The van der Waals surface area contributed by atoms with Crippen LogP contribution in [0.1, 0.15) is 31.2 Å². The molecule has 0 bridgehead atoms. The van der Waals surface area contributed by atoms with E-state index in [4.69, 9.17) is 0 Å². The predicted molar refractivity (Wildman–Crippen MR) is 75.7 cm³/mol. The number of amides is 1. The molecular formula is C16H21F2NO2. The molecule has 0 atom stereocenters. The van der Waals surface area contributed by atoms with Gasteiger partial charge in [-0.05, 0) is 18.9 Å². The number of aliphatic hydroxyl groups is 1. The fourth-order valence-electron chi connectivity index (χ4n) is 3.07. The smallest absolute Gasteiger partial charge is 0.226 e. The molecule has 0 unspecified atom stereocenters. The van der Waals surface area contributed by atoms with Crippen LogP contribution in [0.15, 0.2) is 18.2 Å². The maximum Gasteiger partial charge on any atom is 0.226 e. The Balaban J connectivity index is 2.01. The minimum atomic E-state index is -0.961. The summed E-state index contributed by atoms with van der Waals surface area (Å²) in [4.78, 5) is 13.7. The van der Waals surface area contributed by atoms with E-state index >= 15 is 0 Å². The molecule has 21 heavy (non-hydrogen) atoms. The van der Waals surface area contributed by atoms with Gasteiger partial charge in [-0.3, -0.25) is 4.79 Å². The van der Waals surface area contributed by atoms with E-state index in [-0.39, 0.29) is 29.9 Å². The number of hydrogen-bond donors (Lipinski definition) is 1. The van der Waals surface area contributed by atoms with Gasteiger partial charge in [-0.15, -0.1) is 0 Å². The Morgan fingerprint density at radius 1 is 1.33 bits per heavy atom. The lowest BCUT2D eigenvalue weighted by Gasteiger charge is -2.32. The zero-order valence-corrected chi connectivity index (χ0v) is 12.2. The number of hydrogen-bond acceptors (Lipinski definition) is 2. The molecule has 1 aliphatic carbocycles. The van der Waals surface area contributed by atoms with Gasteiger partial charge in [0.25, 0.3) is 0 Å². The van der Waals surface area contributed by atoms with E-state index in [0.29, 0.717) is 6.54 Å². The highest BCUT2D eigenvalue weighted by Crippen LogP contribution is 2.38. The lowest BCUT2D eigenvalue weighted by atomic mass is 9.86. The fourth-order valence-corrected chi connectivity index (χ4v) is 3.07. The third-order valence-corrected chi connectivity index (χ3v) is 4.37. The maximum atomic E-state index is 13.6. The second-order valence-corrected chi connectivity index (χ2v) is 6.00. The summed E-state index contributed by atoms with van der Waals surface area (Å²) in [7, 11) is 1.65. The molecule has 3 nitrogen and oxygen atoms in total. The van der Waals surface area contributed by atoms with Crippen LogP contribution in [0.25, 0.3) is 0 Å². The van der Waals surface area contributed by atoms with Gasteiger partial charge in [0, 0.05) is 24.6 Å². The first-order valence-electron chi connectivity index (χ1n) is 7.25. The molecule has 1 aromatic carbocycles. The van der Waals surface area contributed by atoms with Crippen molar-refractivity contribution >= 4 is 5.91 Å². The van der Waals surface area contributed by atoms with Crippen molar-refractivity contribution in [1.29, 1.82) is 0 Å². The zero-order chi connectivity index (χ0) is 15.5. The number of rotatable bonds is 5. The Bertz CT molecular complexity index is 513. The molecule has 1 aromatic rings. The molecule has 1 amide bonds. The zero-order valence-electron chi connectivity index (χ0n) is 12.2. The monoisotopic (exact) mass is 297 g/mol. The second kappa shape index (κ2) is 6.52. The van der Waals surface area contributed by atoms with Crippen LogP contribution < -0.4 is 0 Å². The van der Waals surface area contributed by atoms with E-state index in [0.717, 1.165) is 31.7 Å². The molecule has 1 saturated carbocycles. The van der Waals surface area contributed by atoms with E-state index < -0.39 is 11.6 Å². The van der Waals surface area contributed by atoms with Crippen LogP contribution in [-0.4, -0.2) is 36.1 Å². The lowest BCUT2D eigenvalue weighted by molar-refractivity contribution is -0.131. The summed E-state index contributed by atoms with van der Waals surface area (Å²) in [5.74, 6) is -2.17. The molecule has 5 heteroatoms. The van der Waals surface area contributed by atoms with E-state index in [1.807, 2.05) is 0 Å². The van der Waals surface area contributed by atoms with Crippen LogP contribution >= 0.6 is 0 Å². The quantitative estimate of drug-likeness (QED) is 0.907. The molecule has 0 radical (unpaired) electrons. The van der Waals surface area contributed by atoms with Crippen molar-refractivity contribution in [3.8, 4) is 0 Å². The first kappa shape index (κ1) is 15.9. The van der Waals surface area contributed by atoms with E-state index in [1.165, 1.54) is 17.0 Å². The molecule has 1 fully saturated rings. The molecule has 1 N–H and O–H groups in total. The molecule has 0 heterocycles. The summed E-state index contributed by atoms with van der Waals surface area (Å²) in [5, 5.41) is 9.57. The molecule has 2 rings (SSSR count). The number of carbonyl (C=O) groups is 1. The topological polar surface area (TPSA) is 40.5 Å². The van der Waals surface area contributed by atoms with Crippen molar-refractivity contribution < 1.29 is 18.7 Å². The molecule has 1 aliphatic rings. The fraction of sp³-hybridized carbons (Fsp3) is 0.562. The van der Waals surface area contributed by atoms with Crippen LogP contribution in [0.2, 0.25) is 0 Å². The van der Waals surface area contributed by atoms with E-state index in [2.05, 4.69) is 0 Å². The van der Waals surface area contributed by atoms with Gasteiger partial charge in [0.1, 0.15) is 0 Å². The summed E-state index contributed by atoms with van der Waals surface area (Å²) >= 11 is 0. The highest BCUT2D eigenvalue weighted by Gasteiger charge is 2.35. The number of likely N-dealkylation sites (N-methyl/N-ethyl adjacent to an activating group) is 1. The van der Waals surface area contributed by atoms with Gasteiger partial charge in [-0.1, -0.05) is 25.0 Å². The van der Waals surface area contributed by atoms with Crippen molar-refractivity contribution in [3.63, 3.8) is 0 Å². The number of benzene rings is 1. The molecule has 0 spiro atoms. The van der Waals surface area contributed by atoms with Crippen LogP contribution in [0.5, 0.6) is 0 Å². The first-order valence-corrected chi connectivity index (χ1v) is 7.25. The molecule has 0 aliphatic heterocycles. The van der Waals surface area contributed by atoms with Crippen molar-refractivity contribution in [3.05, 3.63) is 35.4 Å². The Kier molecular flexibility index (Phi) is 4.93. The van der Waals surface area contributed by atoms with Crippen molar-refractivity contribution in [2.45, 2.75) is 32.1 Å². The number of halogens is 2. The minimum Gasteiger partial charge on any atom is -0.396 e. The number of carbonyl (C=O) groups excluding carboxylic acids is 1. The average Bonchev–Trinajstić information content (AvgIpc) is 2.93. The Morgan fingerprint density at radius 3 is 2.62 bits per heavy atom. The predicted octanol–water partition coefficient (Wildman–Crippen LogP) is 2.52. The Labute approximate surface area is 123 Å². The van der Waals surface area contributed by atoms with Crippen LogP contribution in [0.3, 0.4) is 0 Å². The van der Waals surface area contributed by atoms with Crippen LogP contribution in [-0.2, 0) is 11.2 Å². The average molecular weight is 297 g/mol. The number of nitrogens with zero attached hydrogens (tertiary/aromatic N) is 1. The van der Waals surface area contributed by atoms with Gasteiger partial charge in [0.15, 0.2) is 11.6 Å². The Morgan fingerprint density at radius 2 is 2.00 bits per heavy atom. The summed E-state index contributed by atoms with van der Waals surface area (Å²) in [6, 6.07) is 3.85. The largest absolute Gasteiger partial charge is 0.396 e. The lowest BCUT2D eigenvalue weighted by Crippen LogP contribution is -2.40. The Hall–Kier alpha value is -1.49. The molecule has 0 saturated heterocycles. The van der Waals surface area contributed by atoms with E-state index in [9.17, 15) is 18.7 Å². The highest BCUT2D eigenvalue weighted by atomic mass is 19.2. The summed E-state index contributed by atoms with van der Waals surface area (Å²) in [5.41, 5.74) is -0.165. The van der Waals surface area contributed by atoms with Crippen molar-refractivity contribution in [2.75, 3.05) is 20.2 Å². The van der Waals surface area contributed by atoms with Crippen molar-refractivity contribution in [1.82, 2.24) is 4.90 Å². The third kappa shape index (κ3) is 3.59.